The minimum absolute atomic E-state index is 0.0781. The van der Waals surface area contributed by atoms with Crippen LogP contribution in [0.4, 0.5) is 0 Å². The largest absolute Gasteiger partial charge is 0.462 e. The lowest BCUT2D eigenvalue weighted by Gasteiger charge is -2.18. The second-order valence-corrected chi connectivity index (χ2v) is 17.8. The first-order valence-electron chi connectivity index (χ1n) is 26.7. The zero-order chi connectivity index (χ0) is 45.1. The zero-order valence-corrected chi connectivity index (χ0v) is 41.1. The summed E-state index contributed by atoms with van der Waals surface area (Å²) in [4.78, 5) is 38.0. The molecule has 0 saturated carbocycles. The SMILES string of the molecule is CC\C=C/C=C\C=C/CCCCCCCCCC(=O)OC(COC(=O)CCCCCCC/C=C\CCCCC)COC(=O)CCCCCCCCCCCCCCCCCCC. The van der Waals surface area contributed by atoms with Crippen molar-refractivity contribution < 1.29 is 28.6 Å². The minimum Gasteiger partial charge on any atom is -0.462 e. The quantitative estimate of drug-likeness (QED) is 0.0199. The molecule has 0 aromatic heterocycles. The van der Waals surface area contributed by atoms with Crippen molar-refractivity contribution in [3.05, 3.63) is 48.6 Å². The molecule has 0 N–H and O–H groups in total. The third-order valence-electron chi connectivity index (χ3n) is 11.6. The zero-order valence-electron chi connectivity index (χ0n) is 41.1. The molecule has 0 aliphatic rings. The molecular weight excluding hydrogens is 769 g/mol. The van der Waals surface area contributed by atoms with Gasteiger partial charge in [-0.3, -0.25) is 14.4 Å². The molecule has 0 aliphatic heterocycles. The molecule has 0 radical (unpaired) electrons. The molecule has 0 aromatic carbocycles. The second-order valence-electron chi connectivity index (χ2n) is 17.8. The van der Waals surface area contributed by atoms with Crippen LogP contribution < -0.4 is 0 Å². The van der Waals surface area contributed by atoms with Gasteiger partial charge in [-0.25, -0.2) is 0 Å². The van der Waals surface area contributed by atoms with E-state index in [1.165, 1.54) is 154 Å². The fourth-order valence-electron chi connectivity index (χ4n) is 7.61. The molecule has 1 atom stereocenters. The predicted octanol–water partition coefficient (Wildman–Crippen LogP) is 17.5. The Balaban J connectivity index is 4.35. The topological polar surface area (TPSA) is 78.9 Å². The number of hydrogen-bond donors (Lipinski definition) is 0. The van der Waals surface area contributed by atoms with Crippen LogP contribution in [0.3, 0.4) is 0 Å². The maximum absolute atomic E-state index is 12.8. The molecule has 0 aliphatic carbocycles. The van der Waals surface area contributed by atoms with Gasteiger partial charge in [0.25, 0.3) is 0 Å². The standard InChI is InChI=1S/C56H100O6/c1-4-7-10-13-16-19-22-25-27-28-30-31-34-37-40-43-46-49-55(58)61-52-53(51-60-54(57)48-45-42-39-36-33-24-21-18-15-12-9-6-3)62-56(59)50-47-44-41-38-35-32-29-26-23-20-17-14-11-8-5-2/h8,11,14,17-18,20-21,23,53H,4-7,9-10,12-13,15-16,19,22,24-52H2,1-3H3/b11-8-,17-14-,21-18-,23-20-. The molecular formula is C56H100O6. The van der Waals surface area contributed by atoms with Gasteiger partial charge in [-0.2, -0.15) is 0 Å². The van der Waals surface area contributed by atoms with Crippen molar-refractivity contribution in [1.82, 2.24) is 0 Å². The Hall–Kier alpha value is -2.63. The van der Waals surface area contributed by atoms with E-state index >= 15 is 0 Å². The summed E-state index contributed by atoms with van der Waals surface area (Å²) < 4.78 is 16.8. The summed E-state index contributed by atoms with van der Waals surface area (Å²) in [7, 11) is 0. The Labute approximate surface area is 384 Å². The number of ether oxygens (including phenoxy) is 3. The van der Waals surface area contributed by atoms with E-state index in [-0.39, 0.29) is 31.1 Å². The molecule has 0 fully saturated rings. The first-order valence-corrected chi connectivity index (χ1v) is 26.7. The number of esters is 3. The molecule has 6 nitrogen and oxygen atoms in total. The van der Waals surface area contributed by atoms with Gasteiger partial charge in [0, 0.05) is 19.3 Å². The van der Waals surface area contributed by atoms with Crippen LogP contribution in [-0.4, -0.2) is 37.2 Å². The van der Waals surface area contributed by atoms with E-state index in [0.717, 1.165) is 77.0 Å². The van der Waals surface area contributed by atoms with Crippen molar-refractivity contribution in [2.24, 2.45) is 0 Å². The van der Waals surface area contributed by atoms with Gasteiger partial charge in [0.05, 0.1) is 0 Å². The lowest BCUT2D eigenvalue weighted by atomic mass is 10.0. The molecule has 0 spiro atoms. The van der Waals surface area contributed by atoms with Gasteiger partial charge in [0.15, 0.2) is 6.10 Å². The average molecular weight is 869 g/mol. The first-order chi connectivity index (χ1) is 30.5. The van der Waals surface area contributed by atoms with Gasteiger partial charge in [0.1, 0.15) is 13.2 Å². The van der Waals surface area contributed by atoms with E-state index in [0.29, 0.717) is 19.3 Å². The van der Waals surface area contributed by atoms with Crippen LogP contribution in [0.2, 0.25) is 0 Å². The highest BCUT2D eigenvalue weighted by Crippen LogP contribution is 2.16. The smallest absolute Gasteiger partial charge is 0.306 e. The molecule has 0 saturated heterocycles. The van der Waals surface area contributed by atoms with Crippen molar-refractivity contribution >= 4 is 17.9 Å². The van der Waals surface area contributed by atoms with Gasteiger partial charge in [-0.05, 0) is 64.2 Å². The highest BCUT2D eigenvalue weighted by molar-refractivity contribution is 5.71. The van der Waals surface area contributed by atoms with Gasteiger partial charge >= 0.3 is 17.9 Å². The molecule has 0 rings (SSSR count). The highest BCUT2D eigenvalue weighted by Gasteiger charge is 2.19. The van der Waals surface area contributed by atoms with Crippen LogP contribution in [0.5, 0.6) is 0 Å². The van der Waals surface area contributed by atoms with Gasteiger partial charge < -0.3 is 14.2 Å². The number of carbonyl (C=O) groups excluding carboxylic acids is 3. The number of unbranched alkanes of at least 4 members (excludes halogenated alkanes) is 31. The van der Waals surface area contributed by atoms with Crippen molar-refractivity contribution in [1.29, 1.82) is 0 Å². The van der Waals surface area contributed by atoms with E-state index in [1.54, 1.807) is 0 Å². The van der Waals surface area contributed by atoms with Crippen LogP contribution in [0.25, 0.3) is 0 Å². The summed E-state index contributed by atoms with van der Waals surface area (Å²) in [6.07, 6.45) is 60.9. The van der Waals surface area contributed by atoms with Gasteiger partial charge in [-0.15, -0.1) is 0 Å². The Morgan fingerprint density at radius 1 is 0.339 bits per heavy atom. The monoisotopic (exact) mass is 869 g/mol. The molecule has 0 heterocycles. The van der Waals surface area contributed by atoms with Crippen molar-refractivity contribution in [2.75, 3.05) is 13.2 Å². The fraction of sp³-hybridized carbons (Fsp3) is 0.804. The summed E-state index contributed by atoms with van der Waals surface area (Å²) in [5.74, 6) is -0.890. The number of carbonyl (C=O) groups is 3. The van der Waals surface area contributed by atoms with Gasteiger partial charge in [0.2, 0.25) is 0 Å². The van der Waals surface area contributed by atoms with Crippen LogP contribution in [0, 0.1) is 0 Å². The van der Waals surface area contributed by atoms with Gasteiger partial charge in [-0.1, -0.05) is 236 Å². The van der Waals surface area contributed by atoms with Crippen molar-refractivity contribution in [3.8, 4) is 0 Å². The third-order valence-corrected chi connectivity index (χ3v) is 11.6. The molecule has 0 bridgehead atoms. The van der Waals surface area contributed by atoms with E-state index in [4.69, 9.17) is 14.2 Å². The highest BCUT2D eigenvalue weighted by atomic mass is 16.6. The number of rotatable bonds is 48. The van der Waals surface area contributed by atoms with E-state index < -0.39 is 6.10 Å². The fourth-order valence-corrected chi connectivity index (χ4v) is 7.61. The Bertz CT molecular complexity index is 1090. The summed E-state index contributed by atoms with van der Waals surface area (Å²) in [5.41, 5.74) is 0. The summed E-state index contributed by atoms with van der Waals surface area (Å²) >= 11 is 0. The normalized spacial score (nSPS) is 12.4. The molecule has 1 unspecified atom stereocenters. The maximum atomic E-state index is 12.8. The van der Waals surface area contributed by atoms with E-state index in [1.807, 2.05) is 0 Å². The molecule has 360 valence electrons. The minimum atomic E-state index is -0.779. The van der Waals surface area contributed by atoms with Crippen LogP contribution in [0.15, 0.2) is 48.6 Å². The summed E-state index contributed by atoms with van der Waals surface area (Å²) in [6, 6.07) is 0. The van der Waals surface area contributed by atoms with Crippen molar-refractivity contribution in [2.45, 2.75) is 277 Å². The lowest BCUT2D eigenvalue weighted by Crippen LogP contribution is -2.30. The number of allylic oxidation sites excluding steroid dienone is 8. The Morgan fingerprint density at radius 2 is 0.645 bits per heavy atom. The Kier molecular flexibility index (Phi) is 48.8. The van der Waals surface area contributed by atoms with E-state index in [9.17, 15) is 14.4 Å². The molecule has 6 heteroatoms. The van der Waals surface area contributed by atoms with E-state index in [2.05, 4.69) is 69.4 Å². The summed E-state index contributed by atoms with van der Waals surface area (Å²) in [6.45, 7) is 6.49. The van der Waals surface area contributed by atoms with Crippen LogP contribution in [-0.2, 0) is 28.6 Å². The van der Waals surface area contributed by atoms with Crippen molar-refractivity contribution in [3.63, 3.8) is 0 Å². The average Bonchev–Trinajstić information content (AvgIpc) is 3.27. The van der Waals surface area contributed by atoms with Crippen LogP contribution in [0.1, 0.15) is 271 Å². The predicted molar refractivity (Wildman–Crippen MR) is 265 cm³/mol. The molecule has 0 aromatic rings. The number of hydrogen-bond acceptors (Lipinski definition) is 6. The lowest BCUT2D eigenvalue weighted by molar-refractivity contribution is -0.167. The second kappa shape index (κ2) is 51.0. The Morgan fingerprint density at radius 3 is 1.05 bits per heavy atom. The molecule has 0 amide bonds. The summed E-state index contributed by atoms with van der Waals surface area (Å²) in [5, 5.41) is 0. The third kappa shape index (κ3) is 48.4. The molecule has 62 heavy (non-hydrogen) atoms. The van der Waals surface area contributed by atoms with Crippen LogP contribution >= 0.6 is 0 Å². The first kappa shape index (κ1) is 59.4. The maximum Gasteiger partial charge on any atom is 0.306 e.